The quantitative estimate of drug-likeness (QED) is 0.375. The highest BCUT2D eigenvalue weighted by molar-refractivity contribution is 6.06. The van der Waals surface area contributed by atoms with Crippen molar-refractivity contribution in [1.82, 2.24) is 9.97 Å². The number of aromatic nitrogens is 2. The van der Waals surface area contributed by atoms with Crippen molar-refractivity contribution in [3.63, 3.8) is 0 Å². The molecule has 30 heavy (non-hydrogen) atoms. The zero-order valence-electron chi connectivity index (χ0n) is 18.3. The van der Waals surface area contributed by atoms with Gasteiger partial charge in [-0.2, -0.15) is 0 Å². The number of carbonyl (C=O) groups is 2. The van der Waals surface area contributed by atoms with Crippen LogP contribution >= 0.6 is 0 Å². The first kappa shape index (κ1) is 22.3. The van der Waals surface area contributed by atoms with Gasteiger partial charge in [0.1, 0.15) is 17.5 Å². The molecular weight excluding hydrogens is 372 g/mol. The second kappa shape index (κ2) is 11.1. The average Bonchev–Trinajstić information content (AvgIpc) is 2.75. The summed E-state index contributed by atoms with van der Waals surface area (Å²) in [4.78, 5) is 35.2. The molecule has 3 atom stereocenters. The Morgan fingerprint density at radius 2 is 1.73 bits per heavy atom. The van der Waals surface area contributed by atoms with E-state index in [0.717, 1.165) is 30.4 Å². The molecule has 0 N–H and O–H groups in total. The molecule has 1 aliphatic carbocycles. The maximum absolute atomic E-state index is 13.5. The fourth-order valence-electron chi connectivity index (χ4n) is 4.36. The SMILES string of the molecule is CCCCCCCc1cnc(C(C(=O)C2CCC(C)CC2=O)c2ccccc2)nc1. The predicted molar refractivity (Wildman–Crippen MR) is 119 cm³/mol. The summed E-state index contributed by atoms with van der Waals surface area (Å²) >= 11 is 0. The minimum Gasteiger partial charge on any atom is -0.299 e. The van der Waals surface area contributed by atoms with E-state index in [9.17, 15) is 9.59 Å². The number of ketones is 2. The van der Waals surface area contributed by atoms with E-state index in [0.29, 0.717) is 24.6 Å². The van der Waals surface area contributed by atoms with Crippen LogP contribution in [-0.2, 0) is 16.0 Å². The third-order valence-electron chi connectivity index (χ3n) is 6.20. The Bertz CT molecular complexity index is 817. The fourth-order valence-corrected chi connectivity index (χ4v) is 4.36. The number of hydrogen-bond acceptors (Lipinski definition) is 4. The number of unbranched alkanes of at least 4 members (excludes halogenated alkanes) is 4. The van der Waals surface area contributed by atoms with Crippen LogP contribution in [0, 0.1) is 11.8 Å². The van der Waals surface area contributed by atoms with E-state index >= 15 is 0 Å². The summed E-state index contributed by atoms with van der Waals surface area (Å²) in [6.45, 7) is 4.30. The minimum atomic E-state index is -0.577. The highest BCUT2D eigenvalue weighted by atomic mass is 16.2. The maximum atomic E-state index is 13.5. The molecule has 160 valence electrons. The van der Waals surface area contributed by atoms with E-state index < -0.39 is 11.8 Å². The van der Waals surface area contributed by atoms with Gasteiger partial charge in [-0.3, -0.25) is 9.59 Å². The van der Waals surface area contributed by atoms with Gasteiger partial charge in [0.25, 0.3) is 0 Å². The summed E-state index contributed by atoms with van der Waals surface area (Å²) in [6.07, 6.45) is 12.9. The summed E-state index contributed by atoms with van der Waals surface area (Å²) in [5.41, 5.74) is 1.97. The van der Waals surface area contributed by atoms with Gasteiger partial charge in [-0.15, -0.1) is 0 Å². The molecule has 1 aromatic carbocycles. The van der Waals surface area contributed by atoms with Gasteiger partial charge in [0.15, 0.2) is 5.78 Å². The number of nitrogens with zero attached hydrogens (tertiary/aromatic N) is 2. The molecule has 0 saturated heterocycles. The Morgan fingerprint density at radius 3 is 2.40 bits per heavy atom. The van der Waals surface area contributed by atoms with Gasteiger partial charge in [0.05, 0.1) is 5.92 Å². The molecule has 4 heteroatoms. The molecule has 1 aromatic heterocycles. The summed E-state index contributed by atoms with van der Waals surface area (Å²) in [5, 5.41) is 0. The van der Waals surface area contributed by atoms with Crippen molar-refractivity contribution in [3.05, 3.63) is 59.7 Å². The second-order valence-electron chi connectivity index (χ2n) is 8.77. The van der Waals surface area contributed by atoms with E-state index in [1.54, 1.807) is 0 Å². The molecule has 0 aliphatic heterocycles. The van der Waals surface area contributed by atoms with Gasteiger partial charge in [0.2, 0.25) is 0 Å². The highest BCUT2D eigenvalue weighted by Crippen LogP contribution is 2.33. The van der Waals surface area contributed by atoms with E-state index in [4.69, 9.17) is 0 Å². The lowest BCUT2D eigenvalue weighted by Gasteiger charge is -2.27. The van der Waals surface area contributed by atoms with Crippen molar-refractivity contribution >= 4 is 11.6 Å². The second-order valence-corrected chi connectivity index (χ2v) is 8.77. The standard InChI is InChI=1S/C26H34N2O2/c1-3-4-5-6-8-11-20-17-27-26(28-18-20)24(21-12-9-7-10-13-21)25(30)22-15-14-19(2)16-23(22)29/h7,9-10,12-13,17-19,22,24H,3-6,8,11,14-16H2,1-2H3. The number of benzene rings is 1. The Hall–Kier alpha value is -2.36. The lowest BCUT2D eigenvalue weighted by atomic mass is 9.75. The minimum absolute atomic E-state index is 0.0505. The van der Waals surface area contributed by atoms with Crippen LogP contribution in [0.1, 0.15) is 88.1 Å². The molecule has 1 saturated carbocycles. The van der Waals surface area contributed by atoms with Crippen molar-refractivity contribution < 1.29 is 9.59 Å². The first-order valence-corrected chi connectivity index (χ1v) is 11.5. The monoisotopic (exact) mass is 406 g/mol. The van der Waals surface area contributed by atoms with Crippen LogP contribution in [0.2, 0.25) is 0 Å². The summed E-state index contributed by atoms with van der Waals surface area (Å²) in [7, 11) is 0. The summed E-state index contributed by atoms with van der Waals surface area (Å²) in [6, 6.07) is 9.64. The van der Waals surface area contributed by atoms with Gasteiger partial charge in [0, 0.05) is 18.8 Å². The number of aryl methyl sites for hydroxylation is 1. The summed E-state index contributed by atoms with van der Waals surface area (Å²) < 4.78 is 0. The molecule has 3 unspecified atom stereocenters. The topological polar surface area (TPSA) is 59.9 Å². The van der Waals surface area contributed by atoms with Gasteiger partial charge >= 0.3 is 0 Å². The molecule has 0 amide bonds. The third-order valence-corrected chi connectivity index (χ3v) is 6.20. The average molecular weight is 407 g/mol. The van der Waals surface area contributed by atoms with Gasteiger partial charge in [-0.05, 0) is 42.7 Å². The molecule has 4 nitrogen and oxygen atoms in total. The Morgan fingerprint density at radius 1 is 1.03 bits per heavy atom. The Balaban J connectivity index is 1.76. The number of carbonyl (C=O) groups excluding carboxylic acids is 2. The zero-order valence-corrected chi connectivity index (χ0v) is 18.3. The van der Waals surface area contributed by atoms with Crippen molar-refractivity contribution in [1.29, 1.82) is 0 Å². The van der Waals surface area contributed by atoms with E-state index in [1.165, 1.54) is 25.7 Å². The first-order chi connectivity index (χ1) is 14.6. The number of rotatable bonds is 10. The van der Waals surface area contributed by atoms with E-state index in [-0.39, 0.29) is 11.6 Å². The molecular formula is C26H34N2O2. The molecule has 0 bridgehead atoms. The third kappa shape index (κ3) is 5.84. The van der Waals surface area contributed by atoms with Crippen molar-refractivity contribution in [3.8, 4) is 0 Å². The predicted octanol–water partition coefficient (Wildman–Crippen LogP) is 5.70. The zero-order chi connectivity index (χ0) is 21.3. The largest absolute Gasteiger partial charge is 0.299 e. The molecule has 1 heterocycles. The van der Waals surface area contributed by atoms with Crippen LogP contribution in [0.3, 0.4) is 0 Å². The van der Waals surface area contributed by atoms with Crippen LogP contribution in [0.5, 0.6) is 0 Å². The van der Waals surface area contributed by atoms with Gasteiger partial charge in [-0.1, -0.05) is 69.9 Å². The van der Waals surface area contributed by atoms with Crippen LogP contribution in [0.15, 0.2) is 42.7 Å². The lowest BCUT2D eigenvalue weighted by molar-refractivity contribution is -0.135. The van der Waals surface area contributed by atoms with Crippen molar-refractivity contribution in [2.24, 2.45) is 11.8 Å². The first-order valence-electron chi connectivity index (χ1n) is 11.5. The normalized spacial score (nSPS) is 20.1. The lowest BCUT2D eigenvalue weighted by Crippen LogP contribution is -2.34. The fraction of sp³-hybridized carbons (Fsp3) is 0.538. The Labute approximate surface area is 180 Å². The molecule has 0 radical (unpaired) electrons. The van der Waals surface area contributed by atoms with Crippen molar-refractivity contribution in [2.75, 3.05) is 0 Å². The van der Waals surface area contributed by atoms with E-state index in [1.807, 2.05) is 42.7 Å². The molecule has 1 aliphatic rings. The molecule has 1 fully saturated rings. The van der Waals surface area contributed by atoms with Crippen LogP contribution in [0.25, 0.3) is 0 Å². The molecule has 2 aromatic rings. The highest BCUT2D eigenvalue weighted by Gasteiger charge is 2.38. The van der Waals surface area contributed by atoms with E-state index in [2.05, 4.69) is 23.8 Å². The maximum Gasteiger partial charge on any atom is 0.158 e. The number of hydrogen-bond donors (Lipinski definition) is 0. The van der Waals surface area contributed by atoms with Gasteiger partial charge in [-0.25, -0.2) is 9.97 Å². The number of Topliss-reactive ketones (excluding diaryl/α,β-unsaturated/α-hetero) is 2. The summed E-state index contributed by atoms with van der Waals surface area (Å²) in [5.74, 6) is -0.217. The van der Waals surface area contributed by atoms with Crippen LogP contribution < -0.4 is 0 Å². The van der Waals surface area contributed by atoms with Crippen LogP contribution in [0.4, 0.5) is 0 Å². The smallest absolute Gasteiger partial charge is 0.158 e. The van der Waals surface area contributed by atoms with Gasteiger partial charge < -0.3 is 0 Å². The molecule has 0 spiro atoms. The van der Waals surface area contributed by atoms with Crippen molar-refractivity contribution in [2.45, 2.75) is 77.6 Å². The molecule has 3 rings (SSSR count). The Kier molecular flexibility index (Phi) is 8.30. The van der Waals surface area contributed by atoms with Crippen LogP contribution in [-0.4, -0.2) is 21.5 Å².